The minimum absolute atomic E-state index is 0.0143. The van der Waals surface area contributed by atoms with Crippen molar-refractivity contribution in [2.45, 2.75) is 77.4 Å². The molecular formula is C30H34F4O2. The molecule has 0 amide bonds. The third kappa shape index (κ3) is 8.28. The van der Waals surface area contributed by atoms with E-state index < -0.39 is 23.3 Å². The molecule has 36 heavy (non-hydrogen) atoms. The van der Waals surface area contributed by atoms with Gasteiger partial charge in [-0.05, 0) is 73.9 Å². The number of alkyl halides is 4. The van der Waals surface area contributed by atoms with E-state index in [0.29, 0.717) is 0 Å². The van der Waals surface area contributed by atoms with E-state index in [-0.39, 0.29) is 11.5 Å². The van der Waals surface area contributed by atoms with Gasteiger partial charge >= 0.3 is 12.2 Å². The van der Waals surface area contributed by atoms with Crippen molar-refractivity contribution in [3.8, 4) is 11.5 Å². The Morgan fingerprint density at radius 2 is 0.972 bits per heavy atom. The molecular weight excluding hydrogens is 468 g/mol. The monoisotopic (exact) mass is 502 g/mol. The number of unbranched alkanes of at least 4 members (excludes halogenated alkanes) is 6. The Hall–Kier alpha value is -3.02. The zero-order valence-corrected chi connectivity index (χ0v) is 20.9. The van der Waals surface area contributed by atoms with E-state index in [1.165, 1.54) is 56.4 Å². The highest BCUT2D eigenvalue weighted by molar-refractivity contribution is 5.32. The van der Waals surface area contributed by atoms with Gasteiger partial charge in [0.25, 0.3) is 0 Å². The molecule has 2 nitrogen and oxygen atoms in total. The lowest BCUT2D eigenvalue weighted by Crippen LogP contribution is -2.24. The highest BCUT2D eigenvalue weighted by Crippen LogP contribution is 2.35. The van der Waals surface area contributed by atoms with Crippen molar-refractivity contribution in [3.63, 3.8) is 0 Å². The predicted molar refractivity (Wildman–Crippen MR) is 135 cm³/mol. The van der Waals surface area contributed by atoms with Crippen LogP contribution >= 0.6 is 0 Å². The van der Waals surface area contributed by atoms with Crippen molar-refractivity contribution < 1.29 is 27.0 Å². The number of hydrogen-bond donors (Lipinski definition) is 0. The van der Waals surface area contributed by atoms with Crippen molar-refractivity contribution in [1.29, 1.82) is 0 Å². The van der Waals surface area contributed by atoms with E-state index in [2.05, 4.69) is 6.92 Å². The summed E-state index contributed by atoms with van der Waals surface area (Å²) in [7, 11) is 0. The molecule has 0 unspecified atom stereocenters. The summed E-state index contributed by atoms with van der Waals surface area (Å²) in [6, 6.07) is 16.5. The third-order valence-electron chi connectivity index (χ3n) is 6.06. The second-order valence-electron chi connectivity index (χ2n) is 9.14. The first-order chi connectivity index (χ1) is 17.2. The summed E-state index contributed by atoms with van der Waals surface area (Å²) < 4.78 is 68.1. The molecule has 0 aromatic heterocycles. The van der Waals surface area contributed by atoms with E-state index in [4.69, 9.17) is 9.47 Å². The molecule has 0 radical (unpaired) electrons. The molecule has 0 bridgehead atoms. The van der Waals surface area contributed by atoms with E-state index in [0.717, 1.165) is 54.7 Å². The topological polar surface area (TPSA) is 18.5 Å². The van der Waals surface area contributed by atoms with E-state index in [9.17, 15) is 17.6 Å². The van der Waals surface area contributed by atoms with Gasteiger partial charge in [0.15, 0.2) is 0 Å². The quantitative estimate of drug-likeness (QED) is 0.161. The van der Waals surface area contributed by atoms with Crippen LogP contribution in [0.2, 0.25) is 0 Å². The lowest BCUT2D eigenvalue weighted by atomic mass is 10.0. The Bertz CT molecular complexity index is 1050. The second-order valence-corrected chi connectivity index (χ2v) is 9.14. The summed E-state index contributed by atoms with van der Waals surface area (Å²) >= 11 is 0. The van der Waals surface area contributed by atoms with Crippen LogP contribution in [0, 0.1) is 6.92 Å². The number of ether oxygens (including phenoxy) is 2. The van der Waals surface area contributed by atoms with Crippen LogP contribution in [0.15, 0.2) is 72.8 Å². The summed E-state index contributed by atoms with van der Waals surface area (Å²) in [6.45, 7) is 4.03. The predicted octanol–water partition coefficient (Wildman–Crippen LogP) is 9.54. The molecule has 6 heteroatoms. The molecule has 0 saturated heterocycles. The fourth-order valence-electron chi connectivity index (χ4n) is 3.89. The summed E-state index contributed by atoms with van der Waals surface area (Å²) in [5.74, 6) is -0.000753. The van der Waals surface area contributed by atoms with Crippen molar-refractivity contribution in [2.24, 2.45) is 0 Å². The van der Waals surface area contributed by atoms with Crippen LogP contribution in [-0.4, -0.2) is 0 Å². The average molecular weight is 503 g/mol. The SMILES string of the molecule is CCCCCCCCCc1ccc(OC(F)(F)c2ccc(C(F)(F)Oc3ccc(C)cc3)cc2)cc1. The number of halogens is 4. The van der Waals surface area contributed by atoms with E-state index in [1.54, 1.807) is 24.3 Å². The Labute approximate surface area is 211 Å². The lowest BCUT2D eigenvalue weighted by Gasteiger charge is -2.21. The summed E-state index contributed by atoms with van der Waals surface area (Å²) in [5, 5.41) is 0. The van der Waals surface area contributed by atoms with Gasteiger partial charge < -0.3 is 9.47 Å². The summed E-state index contributed by atoms with van der Waals surface area (Å²) in [6.07, 6.45) is 2.04. The first-order valence-electron chi connectivity index (χ1n) is 12.6. The fraction of sp³-hybridized carbons (Fsp3) is 0.400. The Morgan fingerprint density at radius 3 is 1.44 bits per heavy atom. The molecule has 0 heterocycles. The molecule has 194 valence electrons. The van der Waals surface area contributed by atoms with Gasteiger partial charge in [-0.15, -0.1) is 0 Å². The van der Waals surface area contributed by atoms with Crippen molar-refractivity contribution >= 4 is 0 Å². The van der Waals surface area contributed by atoms with Crippen molar-refractivity contribution in [1.82, 2.24) is 0 Å². The van der Waals surface area contributed by atoms with Gasteiger partial charge in [0.1, 0.15) is 11.5 Å². The molecule has 0 N–H and O–H groups in total. The highest BCUT2D eigenvalue weighted by atomic mass is 19.3. The third-order valence-corrected chi connectivity index (χ3v) is 6.06. The zero-order valence-electron chi connectivity index (χ0n) is 20.9. The Balaban J connectivity index is 1.53. The molecule has 0 aliphatic carbocycles. The smallest absolute Gasteiger partial charge is 0.426 e. The normalized spacial score (nSPS) is 11.9. The maximum Gasteiger partial charge on any atom is 0.426 e. The number of benzene rings is 3. The molecule has 3 aromatic rings. The first-order valence-corrected chi connectivity index (χ1v) is 12.6. The van der Waals surface area contributed by atoms with Crippen molar-refractivity contribution in [3.05, 3.63) is 95.1 Å². The fourth-order valence-corrected chi connectivity index (χ4v) is 3.89. The molecule has 0 aliphatic rings. The summed E-state index contributed by atoms with van der Waals surface area (Å²) in [5.41, 5.74) is 0.918. The van der Waals surface area contributed by atoms with Gasteiger partial charge in [0.2, 0.25) is 0 Å². The van der Waals surface area contributed by atoms with Gasteiger partial charge in [-0.25, -0.2) is 0 Å². The van der Waals surface area contributed by atoms with Gasteiger partial charge in [-0.2, -0.15) is 17.6 Å². The molecule has 0 atom stereocenters. The van der Waals surface area contributed by atoms with Crippen LogP contribution in [0.3, 0.4) is 0 Å². The van der Waals surface area contributed by atoms with Crippen LogP contribution in [0.25, 0.3) is 0 Å². The zero-order chi connectivity index (χ0) is 26.0. The molecule has 0 saturated carbocycles. The number of hydrogen-bond acceptors (Lipinski definition) is 2. The van der Waals surface area contributed by atoms with Crippen LogP contribution in [0.5, 0.6) is 11.5 Å². The number of aryl methyl sites for hydroxylation is 2. The highest BCUT2D eigenvalue weighted by Gasteiger charge is 2.38. The van der Waals surface area contributed by atoms with Gasteiger partial charge in [0, 0.05) is 0 Å². The molecule has 3 aromatic carbocycles. The largest absolute Gasteiger partial charge is 0.429 e. The molecule has 0 spiro atoms. The van der Waals surface area contributed by atoms with Crippen LogP contribution in [0.1, 0.15) is 74.1 Å². The molecule has 0 fully saturated rings. The minimum atomic E-state index is -3.67. The molecule has 0 aliphatic heterocycles. The Morgan fingerprint density at radius 1 is 0.556 bits per heavy atom. The first kappa shape index (κ1) is 27.6. The van der Waals surface area contributed by atoms with Gasteiger partial charge in [-0.1, -0.05) is 75.3 Å². The van der Waals surface area contributed by atoms with Crippen LogP contribution < -0.4 is 9.47 Å². The standard InChI is InChI=1S/C30H34F4O2/c1-3-4-5-6-7-8-9-10-24-13-21-28(22-14-24)36-30(33,34)26-17-15-25(16-18-26)29(31,32)35-27-19-11-23(2)12-20-27/h11-22H,3-10H2,1-2H3. The average Bonchev–Trinajstić information content (AvgIpc) is 2.86. The van der Waals surface area contributed by atoms with E-state index >= 15 is 0 Å². The van der Waals surface area contributed by atoms with Crippen molar-refractivity contribution in [2.75, 3.05) is 0 Å². The minimum Gasteiger partial charge on any atom is -0.429 e. The lowest BCUT2D eigenvalue weighted by molar-refractivity contribution is -0.188. The van der Waals surface area contributed by atoms with Gasteiger partial charge in [-0.3, -0.25) is 0 Å². The van der Waals surface area contributed by atoms with Crippen LogP contribution in [-0.2, 0) is 18.6 Å². The maximum absolute atomic E-state index is 14.7. The maximum atomic E-state index is 14.7. The van der Waals surface area contributed by atoms with E-state index in [1.807, 2.05) is 6.92 Å². The van der Waals surface area contributed by atoms with Crippen LogP contribution in [0.4, 0.5) is 17.6 Å². The molecule has 3 rings (SSSR count). The van der Waals surface area contributed by atoms with Gasteiger partial charge in [0.05, 0.1) is 11.1 Å². The second kappa shape index (κ2) is 12.8. The number of rotatable bonds is 14. The summed E-state index contributed by atoms with van der Waals surface area (Å²) in [4.78, 5) is 0. The Kier molecular flexibility index (Phi) is 9.80.